The van der Waals surface area contributed by atoms with E-state index in [4.69, 9.17) is 10.5 Å². The number of hydrogen-bond acceptors (Lipinski definition) is 7. The van der Waals surface area contributed by atoms with Crippen LogP contribution in [0.1, 0.15) is 32.6 Å². The highest BCUT2D eigenvalue weighted by Crippen LogP contribution is 2.38. The molecule has 2 aromatic carbocycles. The van der Waals surface area contributed by atoms with Crippen molar-refractivity contribution in [2.24, 2.45) is 0 Å². The SMILES string of the molecule is C=CCN(CC=C)C(=O)C=Cc1c(N)c(C)c(S(=O)(=O)c2ccc(OC)cc2)c(C(=O)O)c1Cc1cccnc1. The quantitative estimate of drug-likeness (QED) is 0.189. The van der Waals surface area contributed by atoms with E-state index in [0.29, 0.717) is 11.3 Å². The maximum absolute atomic E-state index is 13.9. The van der Waals surface area contributed by atoms with Crippen LogP contribution < -0.4 is 10.5 Å². The molecule has 0 radical (unpaired) electrons. The lowest BCUT2D eigenvalue weighted by Crippen LogP contribution is -2.29. The highest BCUT2D eigenvalue weighted by molar-refractivity contribution is 7.91. The van der Waals surface area contributed by atoms with Crippen LogP contribution in [0, 0.1) is 6.92 Å². The van der Waals surface area contributed by atoms with Crippen LogP contribution in [0.15, 0.2) is 90.0 Å². The van der Waals surface area contributed by atoms with Gasteiger partial charge in [-0.2, -0.15) is 0 Å². The minimum Gasteiger partial charge on any atom is -0.497 e. The van der Waals surface area contributed by atoms with Crippen molar-refractivity contribution in [1.82, 2.24) is 9.88 Å². The van der Waals surface area contributed by atoms with Gasteiger partial charge in [0.15, 0.2) is 0 Å². The van der Waals surface area contributed by atoms with Crippen molar-refractivity contribution in [3.05, 3.63) is 108 Å². The first kappa shape index (κ1) is 29.9. The molecule has 0 bridgehead atoms. The number of nitrogens with zero attached hydrogens (tertiary/aromatic N) is 2. The largest absolute Gasteiger partial charge is 0.497 e. The number of benzene rings is 2. The Morgan fingerprint density at radius 1 is 1.12 bits per heavy atom. The molecule has 3 N–H and O–H groups in total. The third kappa shape index (κ3) is 6.29. The molecule has 0 aliphatic rings. The minimum absolute atomic E-state index is 0.00196. The first-order valence-corrected chi connectivity index (χ1v) is 13.7. The Balaban J connectivity index is 2.33. The van der Waals surface area contributed by atoms with Crippen molar-refractivity contribution in [3.63, 3.8) is 0 Å². The van der Waals surface area contributed by atoms with Crippen molar-refractivity contribution in [1.29, 1.82) is 0 Å². The molecule has 40 heavy (non-hydrogen) atoms. The van der Waals surface area contributed by atoms with E-state index >= 15 is 0 Å². The number of nitrogens with two attached hydrogens (primary N) is 1. The van der Waals surface area contributed by atoms with Gasteiger partial charge in [-0.25, -0.2) is 13.2 Å². The van der Waals surface area contributed by atoms with Gasteiger partial charge >= 0.3 is 5.97 Å². The van der Waals surface area contributed by atoms with Crippen LogP contribution in [0.4, 0.5) is 5.69 Å². The summed E-state index contributed by atoms with van der Waals surface area (Å²) in [5, 5.41) is 10.4. The Kier molecular flexibility index (Phi) is 9.63. The topological polar surface area (TPSA) is 140 Å². The monoisotopic (exact) mass is 561 g/mol. The van der Waals surface area contributed by atoms with Gasteiger partial charge in [-0.05, 0) is 60.0 Å². The highest BCUT2D eigenvalue weighted by atomic mass is 32.2. The van der Waals surface area contributed by atoms with E-state index in [1.165, 1.54) is 55.4 Å². The smallest absolute Gasteiger partial charge is 0.337 e. The lowest BCUT2D eigenvalue weighted by Gasteiger charge is -2.21. The van der Waals surface area contributed by atoms with Crippen molar-refractivity contribution < 1.29 is 27.9 Å². The second-order valence-electron chi connectivity index (χ2n) is 8.81. The Morgan fingerprint density at radius 3 is 2.30 bits per heavy atom. The summed E-state index contributed by atoms with van der Waals surface area (Å²) < 4.78 is 32.9. The molecule has 0 saturated carbocycles. The number of hydrogen-bond donors (Lipinski definition) is 2. The number of amides is 1. The summed E-state index contributed by atoms with van der Waals surface area (Å²) in [4.78, 5) is 30.7. The molecule has 1 aromatic heterocycles. The number of methoxy groups -OCH3 is 1. The normalized spacial score (nSPS) is 11.2. The first-order valence-electron chi connectivity index (χ1n) is 12.2. The van der Waals surface area contributed by atoms with E-state index in [2.05, 4.69) is 18.1 Å². The molecule has 3 aromatic rings. The van der Waals surface area contributed by atoms with Gasteiger partial charge in [0.2, 0.25) is 15.7 Å². The summed E-state index contributed by atoms with van der Waals surface area (Å²) in [7, 11) is -2.89. The molecule has 3 rings (SSSR count). The number of nitrogen functional groups attached to an aromatic ring is 1. The zero-order valence-electron chi connectivity index (χ0n) is 22.3. The lowest BCUT2D eigenvalue weighted by molar-refractivity contribution is -0.125. The van der Waals surface area contributed by atoms with Gasteiger partial charge in [0.05, 0.1) is 22.5 Å². The van der Waals surface area contributed by atoms with E-state index in [0.717, 1.165) is 0 Å². The molecular weight excluding hydrogens is 530 g/mol. The molecule has 0 atom stereocenters. The predicted molar refractivity (Wildman–Crippen MR) is 154 cm³/mol. The zero-order chi connectivity index (χ0) is 29.4. The van der Waals surface area contributed by atoms with Crippen molar-refractivity contribution in [2.75, 3.05) is 25.9 Å². The average Bonchev–Trinajstić information content (AvgIpc) is 2.94. The number of ether oxygens (including phenoxy) is 1. The molecule has 1 heterocycles. The lowest BCUT2D eigenvalue weighted by atomic mass is 9.91. The number of anilines is 1. The fourth-order valence-corrected chi connectivity index (χ4v) is 6.01. The standard InChI is InChI=1S/C30H31N3O6S/c1-5-16-33(17-6-2)26(34)14-13-24-25(18-21-8-7-15-32-19-21)27(30(35)36)29(20(3)28(24)31)40(37,38)23-11-9-22(39-4)10-12-23/h5-15,19H,1-2,16-18,31H2,3-4H3,(H,35,36). The maximum atomic E-state index is 13.9. The number of rotatable bonds is 12. The molecule has 0 fully saturated rings. The minimum atomic E-state index is -4.34. The summed E-state index contributed by atoms with van der Waals surface area (Å²) in [6.45, 7) is 9.31. The van der Waals surface area contributed by atoms with E-state index < -0.39 is 26.3 Å². The van der Waals surface area contributed by atoms with E-state index in [1.54, 1.807) is 36.7 Å². The van der Waals surface area contributed by atoms with Crippen LogP contribution in [0.2, 0.25) is 0 Å². The molecule has 208 valence electrons. The molecule has 10 heteroatoms. The molecule has 0 aliphatic carbocycles. The summed E-state index contributed by atoms with van der Waals surface area (Å²) in [6.07, 6.45) is 8.96. The Labute approximate surface area is 233 Å². The second kappa shape index (κ2) is 12.9. The number of carboxylic acid groups (broad SMARTS) is 1. The number of carbonyl (C=O) groups is 2. The fraction of sp³-hybridized carbons (Fsp3) is 0.167. The molecule has 9 nitrogen and oxygen atoms in total. The van der Waals surface area contributed by atoms with Gasteiger partial charge in [0.25, 0.3) is 0 Å². The van der Waals surface area contributed by atoms with Crippen LogP contribution in [0.5, 0.6) is 5.75 Å². The Bertz CT molecular complexity index is 1550. The van der Waals surface area contributed by atoms with Crippen LogP contribution in [0.25, 0.3) is 6.08 Å². The fourth-order valence-electron chi connectivity index (χ4n) is 4.29. The van der Waals surface area contributed by atoms with Crippen LogP contribution in [0.3, 0.4) is 0 Å². The zero-order valence-corrected chi connectivity index (χ0v) is 23.1. The Morgan fingerprint density at radius 2 is 1.77 bits per heavy atom. The van der Waals surface area contributed by atoms with E-state index in [9.17, 15) is 23.1 Å². The van der Waals surface area contributed by atoms with Crippen molar-refractivity contribution in [2.45, 2.75) is 23.1 Å². The number of pyridine rings is 1. The van der Waals surface area contributed by atoms with Crippen molar-refractivity contribution >= 4 is 33.5 Å². The van der Waals surface area contributed by atoms with Gasteiger partial charge < -0.3 is 20.5 Å². The summed E-state index contributed by atoms with van der Waals surface area (Å²) >= 11 is 0. The van der Waals surface area contributed by atoms with E-state index in [-0.39, 0.29) is 52.7 Å². The number of carboxylic acids is 1. The maximum Gasteiger partial charge on any atom is 0.337 e. The predicted octanol–water partition coefficient (Wildman–Crippen LogP) is 4.32. The first-order chi connectivity index (χ1) is 19.1. The number of carbonyl (C=O) groups excluding carboxylic acids is 1. The van der Waals surface area contributed by atoms with Crippen molar-refractivity contribution in [3.8, 4) is 5.75 Å². The van der Waals surface area contributed by atoms with Gasteiger partial charge in [-0.15, -0.1) is 13.2 Å². The van der Waals surface area contributed by atoms with E-state index in [1.807, 2.05) is 0 Å². The average molecular weight is 562 g/mol. The molecular formula is C30H31N3O6S. The van der Waals surface area contributed by atoms with Gasteiger partial charge in [0, 0.05) is 49.2 Å². The Hall–Kier alpha value is -4.70. The third-order valence-electron chi connectivity index (χ3n) is 6.25. The number of sulfone groups is 1. The summed E-state index contributed by atoms with van der Waals surface area (Å²) in [5.74, 6) is -1.39. The molecule has 0 aliphatic heterocycles. The number of aromatic nitrogens is 1. The van der Waals surface area contributed by atoms with Gasteiger partial charge in [0.1, 0.15) is 5.75 Å². The van der Waals surface area contributed by atoms with Gasteiger partial charge in [-0.3, -0.25) is 9.78 Å². The summed E-state index contributed by atoms with van der Waals surface area (Å²) in [6, 6.07) is 9.06. The highest BCUT2D eigenvalue weighted by Gasteiger charge is 2.32. The van der Waals surface area contributed by atoms with Gasteiger partial charge in [-0.1, -0.05) is 18.2 Å². The molecule has 0 spiro atoms. The van der Waals surface area contributed by atoms with Crippen LogP contribution in [-0.2, 0) is 21.1 Å². The molecule has 0 saturated heterocycles. The number of aromatic carboxylic acids is 1. The second-order valence-corrected chi connectivity index (χ2v) is 10.7. The van der Waals surface area contributed by atoms with Crippen LogP contribution >= 0.6 is 0 Å². The summed E-state index contributed by atoms with van der Waals surface area (Å²) in [5.41, 5.74) is 7.18. The molecule has 1 amide bonds. The third-order valence-corrected chi connectivity index (χ3v) is 8.19. The van der Waals surface area contributed by atoms with Crippen LogP contribution in [-0.4, -0.2) is 55.5 Å². The molecule has 0 unspecified atom stereocenters.